The molecule has 1 saturated heterocycles. The Hall–Kier alpha value is -2.66. The van der Waals surface area contributed by atoms with Gasteiger partial charge in [-0.05, 0) is 63.4 Å². The first-order chi connectivity index (χ1) is 16.4. The average Bonchev–Trinajstić information content (AvgIpc) is 3.14. The molecule has 0 aliphatic carbocycles. The number of halogens is 1. The van der Waals surface area contributed by atoms with E-state index in [4.69, 9.17) is 0 Å². The van der Waals surface area contributed by atoms with Gasteiger partial charge in [-0.25, -0.2) is 0 Å². The van der Waals surface area contributed by atoms with Gasteiger partial charge in [0.05, 0.1) is 7.18 Å². The monoisotopic (exact) mass is 470 g/mol. The fourth-order valence-corrected chi connectivity index (χ4v) is 4.17. The summed E-state index contributed by atoms with van der Waals surface area (Å²) in [6, 6.07) is 4.27. The van der Waals surface area contributed by atoms with E-state index in [1.165, 1.54) is 33.8 Å². The molecular formula is C29H47FN4. The number of hydrogen-bond donors (Lipinski definition) is 0. The average molecular weight is 471 g/mol. The molecule has 2 aromatic heterocycles. The van der Waals surface area contributed by atoms with Gasteiger partial charge in [-0.2, -0.15) is 0 Å². The number of rotatable bonds is 6. The first kappa shape index (κ1) is 31.3. The molecular weight excluding hydrogens is 423 g/mol. The second kappa shape index (κ2) is 17.8. The van der Waals surface area contributed by atoms with Gasteiger partial charge in [0.25, 0.3) is 0 Å². The van der Waals surface area contributed by atoms with E-state index >= 15 is 0 Å². The third-order valence-electron chi connectivity index (χ3n) is 5.65. The van der Waals surface area contributed by atoms with Crippen LogP contribution in [0.3, 0.4) is 0 Å². The van der Waals surface area contributed by atoms with Gasteiger partial charge in [-0.3, -0.25) is 9.37 Å². The first-order valence-corrected chi connectivity index (χ1v) is 12.1. The maximum absolute atomic E-state index is 9.50. The van der Waals surface area contributed by atoms with Crippen LogP contribution in [0.5, 0.6) is 0 Å². The fraction of sp³-hybridized carbons (Fsp3) is 0.483. The third kappa shape index (κ3) is 8.94. The quantitative estimate of drug-likeness (QED) is 0.430. The number of alkyl halides is 1. The Morgan fingerprint density at radius 2 is 1.62 bits per heavy atom. The van der Waals surface area contributed by atoms with Gasteiger partial charge in [-0.15, -0.1) is 13.2 Å². The standard InChI is InChI=1S/C21H30N4.C5H10.C2H4.CH3F/c1-6-19-18(15-16(2)3)20(17-7-9-22-10-8-17)21(24(19)5)25-13-11-23(4)12-14-25;1-3-5-4-2;2*1-2/h7-10H,2,6,11-15H2,1,3-5H3;3,5H,4H2,1-2H3;1-2H2;1H3/b;5-3-;;. The molecule has 3 heterocycles. The summed E-state index contributed by atoms with van der Waals surface area (Å²) < 4.78 is 11.9. The van der Waals surface area contributed by atoms with Crippen molar-refractivity contribution < 1.29 is 4.39 Å². The number of nitrogens with zero attached hydrogens (tertiary/aromatic N) is 4. The number of piperazine rings is 1. The molecule has 0 saturated carbocycles. The van der Waals surface area contributed by atoms with Crippen LogP contribution in [0.4, 0.5) is 10.2 Å². The molecule has 0 radical (unpaired) electrons. The highest BCUT2D eigenvalue weighted by atomic mass is 19.1. The largest absolute Gasteiger partial charge is 0.355 e. The summed E-state index contributed by atoms with van der Waals surface area (Å²) in [6.45, 7) is 23.1. The number of anilines is 1. The lowest BCUT2D eigenvalue weighted by atomic mass is 9.97. The number of hydrogen-bond acceptors (Lipinski definition) is 3. The van der Waals surface area contributed by atoms with E-state index < -0.39 is 0 Å². The molecule has 4 nitrogen and oxygen atoms in total. The van der Waals surface area contributed by atoms with Crippen LogP contribution in [0, 0.1) is 0 Å². The molecule has 3 rings (SSSR count). The zero-order valence-electron chi connectivity index (χ0n) is 22.7. The Balaban J connectivity index is 0.00000106. The van der Waals surface area contributed by atoms with Gasteiger partial charge in [-0.1, -0.05) is 38.2 Å². The second-order valence-electron chi connectivity index (χ2n) is 8.17. The lowest BCUT2D eigenvalue weighted by molar-refractivity contribution is 0.311. The number of aromatic nitrogens is 2. The summed E-state index contributed by atoms with van der Waals surface area (Å²) >= 11 is 0. The highest BCUT2D eigenvalue weighted by molar-refractivity contribution is 5.82. The summed E-state index contributed by atoms with van der Waals surface area (Å²) in [7, 11) is 4.93. The molecule has 1 aliphatic rings. The van der Waals surface area contributed by atoms with Crippen molar-refractivity contribution in [1.29, 1.82) is 0 Å². The Bertz CT molecular complexity index is 847. The Morgan fingerprint density at radius 3 is 2.03 bits per heavy atom. The van der Waals surface area contributed by atoms with Crippen molar-refractivity contribution in [2.75, 3.05) is 45.3 Å². The molecule has 5 heteroatoms. The number of pyridine rings is 1. The zero-order valence-corrected chi connectivity index (χ0v) is 22.7. The molecule has 0 unspecified atom stereocenters. The minimum Gasteiger partial charge on any atom is -0.355 e. The molecule has 1 fully saturated rings. The van der Waals surface area contributed by atoms with Crippen molar-refractivity contribution in [3.05, 3.63) is 73.2 Å². The fourth-order valence-electron chi connectivity index (χ4n) is 4.17. The summed E-state index contributed by atoms with van der Waals surface area (Å²) in [6.07, 6.45) is 11.1. The first-order valence-electron chi connectivity index (χ1n) is 12.1. The van der Waals surface area contributed by atoms with E-state index in [1.807, 2.05) is 19.3 Å². The minimum absolute atomic E-state index is 0.500. The van der Waals surface area contributed by atoms with Crippen molar-refractivity contribution in [2.24, 2.45) is 7.05 Å². The van der Waals surface area contributed by atoms with Crippen LogP contribution in [-0.4, -0.2) is 54.9 Å². The van der Waals surface area contributed by atoms with E-state index in [0.29, 0.717) is 7.18 Å². The van der Waals surface area contributed by atoms with Gasteiger partial charge in [0.2, 0.25) is 0 Å². The summed E-state index contributed by atoms with van der Waals surface area (Å²) in [4.78, 5) is 9.17. The summed E-state index contributed by atoms with van der Waals surface area (Å²) in [5.41, 5.74) is 6.69. The smallest absolute Gasteiger partial charge is 0.116 e. The maximum atomic E-state index is 9.50. The maximum Gasteiger partial charge on any atom is 0.116 e. The van der Waals surface area contributed by atoms with E-state index in [0.717, 1.165) is 45.4 Å². The molecule has 0 amide bonds. The third-order valence-corrected chi connectivity index (χ3v) is 5.65. The van der Waals surface area contributed by atoms with E-state index in [2.05, 4.69) is 98.2 Å². The lowest BCUT2D eigenvalue weighted by Gasteiger charge is -2.35. The van der Waals surface area contributed by atoms with Crippen LogP contribution in [0.15, 0.2) is 62.0 Å². The molecule has 0 aromatic carbocycles. The predicted molar refractivity (Wildman–Crippen MR) is 150 cm³/mol. The van der Waals surface area contributed by atoms with Crippen molar-refractivity contribution >= 4 is 5.82 Å². The van der Waals surface area contributed by atoms with E-state index in [1.54, 1.807) is 0 Å². The molecule has 34 heavy (non-hydrogen) atoms. The SMILES string of the molecule is C/C=C\CC.C=C.C=C(C)Cc1c(-c2ccncc2)c(N2CCN(C)CC2)n(C)c1CC.CF. The van der Waals surface area contributed by atoms with Crippen molar-refractivity contribution in [3.63, 3.8) is 0 Å². The van der Waals surface area contributed by atoms with Crippen molar-refractivity contribution in [3.8, 4) is 11.1 Å². The zero-order chi connectivity index (χ0) is 26.1. The van der Waals surface area contributed by atoms with Crippen LogP contribution in [0.25, 0.3) is 11.1 Å². The lowest BCUT2D eigenvalue weighted by Crippen LogP contribution is -2.45. The topological polar surface area (TPSA) is 24.3 Å². The Morgan fingerprint density at radius 1 is 1.06 bits per heavy atom. The van der Waals surface area contributed by atoms with Crippen LogP contribution in [0.1, 0.15) is 45.4 Å². The molecule has 0 N–H and O–H groups in total. The van der Waals surface area contributed by atoms with Crippen LogP contribution in [-0.2, 0) is 19.9 Å². The molecule has 1 aliphatic heterocycles. The summed E-state index contributed by atoms with van der Waals surface area (Å²) in [5, 5.41) is 0. The van der Waals surface area contributed by atoms with Crippen molar-refractivity contribution in [1.82, 2.24) is 14.5 Å². The number of allylic oxidation sites excluding steroid dienone is 3. The molecule has 0 spiro atoms. The van der Waals surface area contributed by atoms with E-state index in [9.17, 15) is 4.39 Å². The molecule has 2 aromatic rings. The highest BCUT2D eigenvalue weighted by Gasteiger charge is 2.26. The minimum atomic E-state index is 0.500. The predicted octanol–water partition coefficient (Wildman–Crippen LogP) is 6.88. The van der Waals surface area contributed by atoms with Gasteiger partial charge < -0.3 is 14.4 Å². The molecule has 0 bridgehead atoms. The van der Waals surface area contributed by atoms with Gasteiger partial charge in [0.15, 0.2) is 0 Å². The normalized spacial score (nSPS) is 13.2. The van der Waals surface area contributed by atoms with Gasteiger partial charge in [0, 0.05) is 56.9 Å². The Kier molecular flexibility index (Phi) is 16.4. The van der Waals surface area contributed by atoms with Crippen LogP contribution in [0.2, 0.25) is 0 Å². The highest BCUT2D eigenvalue weighted by Crippen LogP contribution is 2.39. The van der Waals surface area contributed by atoms with E-state index in [-0.39, 0.29) is 0 Å². The van der Waals surface area contributed by atoms with Crippen LogP contribution >= 0.6 is 0 Å². The molecule has 190 valence electrons. The van der Waals surface area contributed by atoms with Crippen LogP contribution < -0.4 is 4.90 Å². The Labute approximate surface area is 208 Å². The van der Waals surface area contributed by atoms with Crippen molar-refractivity contribution in [2.45, 2.75) is 47.0 Å². The van der Waals surface area contributed by atoms with Gasteiger partial charge in [0.1, 0.15) is 5.82 Å². The van der Waals surface area contributed by atoms with Gasteiger partial charge >= 0.3 is 0 Å². The number of likely N-dealkylation sites (N-methyl/N-ethyl adjacent to an activating group) is 1. The molecule has 0 atom stereocenters. The second-order valence-corrected chi connectivity index (χ2v) is 8.17. The summed E-state index contributed by atoms with van der Waals surface area (Å²) in [5.74, 6) is 1.35.